The highest BCUT2D eigenvalue weighted by molar-refractivity contribution is 5.79. The summed E-state index contributed by atoms with van der Waals surface area (Å²) in [5.74, 6) is 2.47. The Morgan fingerprint density at radius 2 is 1.74 bits per heavy atom. The molecule has 0 unspecified atom stereocenters. The van der Waals surface area contributed by atoms with Crippen molar-refractivity contribution in [3.8, 4) is 11.5 Å². The van der Waals surface area contributed by atoms with Gasteiger partial charge in [-0.15, -0.1) is 0 Å². The van der Waals surface area contributed by atoms with Crippen LogP contribution in [-0.2, 0) is 0 Å². The number of rotatable bonds is 7. The molecule has 106 valence electrons. The first kappa shape index (κ1) is 15.1. The molecule has 5 heteroatoms. The minimum Gasteiger partial charge on any atom is -0.497 e. The molecule has 0 aliphatic heterocycles. The lowest BCUT2D eigenvalue weighted by atomic mass is 10.3. The van der Waals surface area contributed by atoms with E-state index in [1.54, 1.807) is 14.2 Å². The first-order valence-electron chi connectivity index (χ1n) is 6.51. The molecular formula is C14H23N3O2. The number of hydrogen-bond acceptors (Lipinski definition) is 3. The topological polar surface area (TPSA) is 54.9 Å². The number of hydrogen-bond donors (Lipinski definition) is 2. The van der Waals surface area contributed by atoms with Crippen molar-refractivity contribution in [2.75, 3.05) is 33.9 Å². The number of ether oxygens (including phenoxy) is 2. The Morgan fingerprint density at radius 3 is 2.32 bits per heavy atom. The van der Waals surface area contributed by atoms with E-state index in [2.05, 4.69) is 22.5 Å². The summed E-state index contributed by atoms with van der Waals surface area (Å²) in [6, 6.07) is 7.54. The van der Waals surface area contributed by atoms with Gasteiger partial charge in [-0.1, -0.05) is 6.92 Å². The minimum atomic E-state index is 0.582. The van der Waals surface area contributed by atoms with E-state index in [1.165, 1.54) is 0 Å². The van der Waals surface area contributed by atoms with Gasteiger partial charge in [-0.25, -0.2) is 0 Å². The molecule has 0 saturated carbocycles. The molecule has 0 bridgehead atoms. The maximum absolute atomic E-state index is 5.60. The Balaban J connectivity index is 2.22. The fourth-order valence-electron chi connectivity index (χ4n) is 1.47. The lowest BCUT2D eigenvalue weighted by Gasteiger charge is -2.12. The molecular weight excluding hydrogens is 242 g/mol. The Hall–Kier alpha value is -1.91. The predicted octanol–water partition coefficient (Wildman–Crippen LogP) is 1.65. The van der Waals surface area contributed by atoms with E-state index >= 15 is 0 Å². The van der Waals surface area contributed by atoms with Crippen LogP contribution in [0.15, 0.2) is 29.3 Å². The van der Waals surface area contributed by atoms with Crippen molar-refractivity contribution in [3.05, 3.63) is 24.3 Å². The molecule has 5 nitrogen and oxygen atoms in total. The van der Waals surface area contributed by atoms with Crippen molar-refractivity contribution in [2.45, 2.75) is 13.3 Å². The summed E-state index contributed by atoms with van der Waals surface area (Å²) in [5.41, 5.74) is 0. The normalized spacial score (nSPS) is 11.0. The SMILES string of the molecule is CCCNC(=NC)NCCOc1ccc(OC)cc1. The van der Waals surface area contributed by atoms with E-state index in [9.17, 15) is 0 Å². The highest BCUT2D eigenvalue weighted by atomic mass is 16.5. The maximum Gasteiger partial charge on any atom is 0.191 e. The summed E-state index contributed by atoms with van der Waals surface area (Å²) in [4.78, 5) is 4.12. The van der Waals surface area contributed by atoms with Crippen molar-refractivity contribution in [3.63, 3.8) is 0 Å². The highest BCUT2D eigenvalue weighted by Crippen LogP contribution is 2.16. The third-order valence-corrected chi connectivity index (χ3v) is 2.49. The Bertz CT molecular complexity index is 377. The van der Waals surface area contributed by atoms with E-state index in [-0.39, 0.29) is 0 Å². The van der Waals surface area contributed by atoms with Gasteiger partial charge in [0.05, 0.1) is 13.7 Å². The van der Waals surface area contributed by atoms with Crippen molar-refractivity contribution in [1.82, 2.24) is 10.6 Å². The van der Waals surface area contributed by atoms with Crippen LogP contribution in [0, 0.1) is 0 Å². The summed E-state index contributed by atoms with van der Waals surface area (Å²) in [7, 11) is 3.41. The van der Waals surface area contributed by atoms with E-state index < -0.39 is 0 Å². The molecule has 0 aromatic heterocycles. The van der Waals surface area contributed by atoms with Gasteiger partial charge in [0.1, 0.15) is 18.1 Å². The van der Waals surface area contributed by atoms with Gasteiger partial charge in [-0.3, -0.25) is 4.99 Å². The Labute approximate surface area is 115 Å². The summed E-state index contributed by atoms with van der Waals surface area (Å²) < 4.78 is 10.7. The van der Waals surface area contributed by atoms with Gasteiger partial charge >= 0.3 is 0 Å². The molecule has 0 radical (unpaired) electrons. The lowest BCUT2D eigenvalue weighted by Crippen LogP contribution is -2.39. The van der Waals surface area contributed by atoms with Crippen molar-refractivity contribution < 1.29 is 9.47 Å². The smallest absolute Gasteiger partial charge is 0.191 e. The van der Waals surface area contributed by atoms with E-state index in [0.717, 1.165) is 30.4 Å². The van der Waals surface area contributed by atoms with Crippen LogP contribution in [0.1, 0.15) is 13.3 Å². The average molecular weight is 265 g/mol. The van der Waals surface area contributed by atoms with Gasteiger partial charge in [0.15, 0.2) is 5.96 Å². The average Bonchev–Trinajstić information content (AvgIpc) is 2.47. The number of nitrogens with zero attached hydrogens (tertiary/aromatic N) is 1. The van der Waals surface area contributed by atoms with Crippen molar-refractivity contribution in [2.24, 2.45) is 4.99 Å². The second kappa shape index (κ2) is 9.08. The molecule has 1 aromatic carbocycles. The monoisotopic (exact) mass is 265 g/mol. The number of benzene rings is 1. The zero-order valence-corrected chi connectivity index (χ0v) is 11.9. The minimum absolute atomic E-state index is 0.582. The molecule has 0 atom stereocenters. The zero-order chi connectivity index (χ0) is 13.9. The standard InChI is InChI=1S/C14H23N3O2/c1-4-9-16-14(15-2)17-10-11-19-13-7-5-12(18-3)6-8-13/h5-8H,4,9-11H2,1-3H3,(H2,15,16,17). The number of guanidine groups is 1. The van der Waals surface area contributed by atoms with E-state index in [4.69, 9.17) is 9.47 Å². The molecule has 1 rings (SSSR count). The summed E-state index contributed by atoms with van der Waals surface area (Å²) >= 11 is 0. The van der Waals surface area contributed by atoms with Gasteiger partial charge in [-0.2, -0.15) is 0 Å². The first-order chi connectivity index (χ1) is 9.30. The first-order valence-corrected chi connectivity index (χ1v) is 6.51. The molecule has 0 amide bonds. The van der Waals surface area contributed by atoms with Gasteiger partial charge < -0.3 is 20.1 Å². The molecule has 19 heavy (non-hydrogen) atoms. The number of methoxy groups -OCH3 is 1. The molecule has 0 aliphatic rings. The van der Waals surface area contributed by atoms with Gasteiger partial charge in [0.25, 0.3) is 0 Å². The van der Waals surface area contributed by atoms with Crippen LogP contribution in [0.4, 0.5) is 0 Å². The fourth-order valence-corrected chi connectivity index (χ4v) is 1.47. The summed E-state index contributed by atoms with van der Waals surface area (Å²) in [5, 5.41) is 6.39. The second-order valence-corrected chi connectivity index (χ2v) is 3.95. The largest absolute Gasteiger partial charge is 0.497 e. The van der Waals surface area contributed by atoms with Crippen molar-refractivity contribution >= 4 is 5.96 Å². The van der Waals surface area contributed by atoms with Gasteiger partial charge in [0, 0.05) is 13.6 Å². The number of aliphatic imine (C=N–C) groups is 1. The van der Waals surface area contributed by atoms with Crippen LogP contribution in [0.25, 0.3) is 0 Å². The van der Waals surface area contributed by atoms with Gasteiger partial charge in [-0.05, 0) is 30.7 Å². The molecule has 0 saturated heterocycles. The molecule has 0 fully saturated rings. The molecule has 0 spiro atoms. The van der Waals surface area contributed by atoms with Crippen LogP contribution in [0.3, 0.4) is 0 Å². The van der Waals surface area contributed by atoms with Crippen LogP contribution in [-0.4, -0.2) is 39.8 Å². The third-order valence-electron chi connectivity index (χ3n) is 2.49. The zero-order valence-electron chi connectivity index (χ0n) is 11.9. The second-order valence-electron chi connectivity index (χ2n) is 3.95. The summed E-state index contributed by atoms with van der Waals surface area (Å²) in [6.07, 6.45) is 1.07. The maximum atomic E-state index is 5.60. The highest BCUT2D eigenvalue weighted by Gasteiger charge is 1.97. The predicted molar refractivity (Wildman–Crippen MR) is 78.1 cm³/mol. The molecule has 2 N–H and O–H groups in total. The van der Waals surface area contributed by atoms with E-state index in [1.807, 2.05) is 24.3 Å². The van der Waals surface area contributed by atoms with Crippen LogP contribution >= 0.6 is 0 Å². The van der Waals surface area contributed by atoms with Crippen molar-refractivity contribution in [1.29, 1.82) is 0 Å². The van der Waals surface area contributed by atoms with Crippen LogP contribution in [0.2, 0.25) is 0 Å². The third kappa shape index (κ3) is 5.99. The Kier molecular flexibility index (Phi) is 7.24. The molecule has 0 heterocycles. The van der Waals surface area contributed by atoms with E-state index in [0.29, 0.717) is 13.2 Å². The van der Waals surface area contributed by atoms with Crippen LogP contribution in [0.5, 0.6) is 11.5 Å². The van der Waals surface area contributed by atoms with Crippen LogP contribution < -0.4 is 20.1 Å². The Morgan fingerprint density at radius 1 is 1.11 bits per heavy atom. The summed E-state index contributed by atoms with van der Waals surface area (Å²) in [6.45, 7) is 4.32. The molecule has 0 aliphatic carbocycles. The molecule has 1 aromatic rings. The quantitative estimate of drug-likeness (QED) is 0.447. The number of nitrogens with one attached hydrogen (secondary N) is 2. The fraction of sp³-hybridized carbons (Fsp3) is 0.500. The van der Waals surface area contributed by atoms with Gasteiger partial charge in [0.2, 0.25) is 0 Å². The lowest BCUT2D eigenvalue weighted by molar-refractivity contribution is 0.321.